The van der Waals surface area contributed by atoms with Crippen LogP contribution in [-0.2, 0) is 0 Å². The molecule has 0 aromatic heterocycles. The first-order chi connectivity index (χ1) is 8.63. The molecule has 0 unspecified atom stereocenters. The number of aromatic hydroxyl groups is 2. The van der Waals surface area contributed by atoms with E-state index in [1.165, 1.54) is 19.2 Å². The summed E-state index contributed by atoms with van der Waals surface area (Å²) in [5.41, 5.74) is 0.273. The van der Waals surface area contributed by atoms with E-state index in [4.69, 9.17) is 4.74 Å². The molecule has 0 saturated heterocycles. The van der Waals surface area contributed by atoms with Crippen LogP contribution in [0.5, 0.6) is 17.2 Å². The summed E-state index contributed by atoms with van der Waals surface area (Å²) >= 11 is 0. The summed E-state index contributed by atoms with van der Waals surface area (Å²) in [6.45, 7) is 0. The summed E-state index contributed by atoms with van der Waals surface area (Å²) in [5, 5.41) is 19.5. The van der Waals surface area contributed by atoms with Crippen molar-refractivity contribution in [2.24, 2.45) is 0 Å². The molecule has 18 heavy (non-hydrogen) atoms. The van der Waals surface area contributed by atoms with Gasteiger partial charge in [-0.05, 0) is 0 Å². The average molecular weight is 244 g/mol. The van der Waals surface area contributed by atoms with Crippen LogP contribution in [0.4, 0.5) is 0 Å². The van der Waals surface area contributed by atoms with Crippen LogP contribution in [0.3, 0.4) is 0 Å². The molecule has 0 saturated carbocycles. The Hall–Kier alpha value is -2.49. The number of methoxy groups -OCH3 is 1. The maximum absolute atomic E-state index is 12.1. The van der Waals surface area contributed by atoms with Gasteiger partial charge in [-0.15, -0.1) is 0 Å². The van der Waals surface area contributed by atoms with E-state index in [2.05, 4.69) is 0 Å². The molecule has 0 aliphatic heterocycles. The lowest BCUT2D eigenvalue weighted by atomic mass is 10.0. The molecule has 0 bridgehead atoms. The molecule has 0 atom stereocenters. The summed E-state index contributed by atoms with van der Waals surface area (Å²) in [6.07, 6.45) is 0. The van der Waals surface area contributed by atoms with Gasteiger partial charge in [-0.1, -0.05) is 30.3 Å². The number of benzene rings is 2. The van der Waals surface area contributed by atoms with Crippen molar-refractivity contribution >= 4 is 5.78 Å². The number of ether oxygens (including phenoxy) is 1. The second kappa shape index (κ2) is 4.79. The lowest BCUT2D eigenvalue weighted by Gasteiger charge is -2.08. The molecule has 0 heterocycles. The molecular weight excluding hydrogens is 232 g/mol. The summed E-state index contributed by atoms with van der Waals surface area (Å²) in [5.74, 6) is -0.760. The second-order valence-electron chi connectivity index (χ2n) is 3.74. The van der Waals surface area contributed by atoms with Crippen molar-refractivity contribution in [3.63, 3.8) is 0 Å². The van der Waals surface area contributed by atoms with Crippen molar-refractivity contribution in [2.75, 3.05) is 7.11 Å². The van der Waals surface area contributed by atoms with Gasteiger partial charge in [0.15, 0.2) is 0 Å². The van der Waals surface area contributed by atoms with Crippen molar-refractivity contribution in [1.82, 2.24) is 0 Å². The molecule has 0 spiro atoms. The third kappa shape index (κ3) is 2.13. The smallest absolute Gasteiger partial charge is 0.200 e. The molecule has 2 aromatic carbocycles. The number of ketones is 1. The fourth-order valence-corrected chi connectivity index (χ4v) is 1.67. The van der Waals surface area contributed by atoms with Crippen LogP contribution in [0.25, 0.3) is 0 Å². The van der Waals surface area contributed by atoms with Crippen LogP contribution in [0, 0.1) is 0 Å². The predicted octanol–water partition coefficient (Wildman–Crippen LogP) is 2.34. The zero-order valence-electron chi connectivity index (χ0n) is 9.75. The van der Waals surface area contributed by atoms with Crippen molar-refractivity contribution in [3.05, 3.63) is 53.6 Å². The zero-order valence-corrected chi connectivity index (χ0v) is 9.75. The Balaban J connectivity index is 2.49. The fraction of sp³-hybridized carbons (Fsp3) is 0.0714. The largest absolute Gasteiger partial charge is 0.507 e. The lowest BCUT2D eigenvalue weighted by Crippen LogP contribution is -2.02. The van der Waals surface area contributed by atoms with Crippen LogP contribution < -0.4 is 4.74 Å². The third-order valence-corrected chi connectivity index (χ3v) is 2.57. The van der Waals surface area contributed by atoms with Gasteiger partial charge >= 0.3 is 0 Å². The monoisotopic (exact) mass is 244 g/mol. The first kappa shape index (κ1) is 12.0. The Morgan fingerprint density at radius 1 is 1.06 bits per heavy atom. The molecule has 0 radical (unpaired) electrons. The number of phenolic OH excluding ortho intramolecular Hbond substituents is 2. The topological polar surface area (TPSA) is 66.8 Å². The molecule has 0 amide bonds. The summed E-state index contributed by atoms with van der Waals surface area (Å²) in [7, 11) is 1.41. The molecule has 0 aliphatic rings. The van der Waals surface area contributed by atoms with Gasteiger partial charge in [-0.25, -0.2) is 0 Å². The standard InChI is InChI=1S/C14H12O4/c1-18-10-7-11(15)13(12(16)8-10)14(17)9-5-3-2-4-6-9/h2-8,15-16H,1H3. The van der Waals surface area contributed by atoms with Crippen LogP contribution in [0.1, 0.15) is 15.9 Å². The first-order valence-electron chi connectivity index (χ1n) is 5.33. The van der Waals surface area contributed by atoms with Gasteiger partial charge in [-0.2, -0.15) is 0 Å². The minimum atomic E-state index is -0.437. The van der Waals surface area contributed by atoms with Gasteiger partial charge in [0.25, 0.3) is 0 Å². The summed E-state index contributed by atoms with van der Waals surface area (Å²) < 4.78 is 4.88. The van der Waals surface area contributed by atoms with Crippen molar-refractivity contribution in [3.8, 4) is 17.2 Å². The molecule has 2 aromatic rings. The molecule has 4 heteroatoms. The number of carbonyl (C=O) groups excluding carboxylic acids is 1. The zero-order chi connectivity index (χ0) is 13.1. The highest BCUT2D eigenvalue weighted by atomic mass is 16.5. The van der Waals surface area contributed by atoms with E-state index in [1.54, 1.807) is 30.3 Å². The van der Waals surface area contributed by atoms with E-state index in [0.717, 1.165) is 0 Å². The molecule has 92 valence electrons. The Morgan fingerprint density at radius 2 is 1.61 bits per heavy atom. The number of carbonyl (C=O) groups is 1. The minimum absolute atomic E-state index is 0.123. The van der Waals surface area contributed by atoms with Crippen molar-refractivity contribution < 1.29 is 19.7 Å². The number of rotatable bonds is 3. The highest BCUT2D eigenvalue weighted by Gasteiger charge is 2.19. The molecular formula is C14H12O4. The normalized spacial score (nSPS) is 10.1. The quantitative estimate of drug-likeness (QED) is 0.813. The highest BCUT2D eigenvalue weighted by Crippen LogP contribution is 2.33. The maximum Gasteiger partial charge on any atom is 0.200 e. The highest BCUT2D eigenvalue weighted by molar-refractivity contribution is 6.12. The lowest BCUT2D eigenvalue weighted by molar-refractivity contribution is 0.103. The molecule has 0 fully saturated rings. The van der Waals surface area contributed by atoms with Crippen LogP contribution >= 0.6 is 0 Å². The summed E-state index contributed by atoms with van der Waals surface area (Å²) in [6, 6.07) is 11.0. The third-order valence-electron chi connectivity index (χ3n) is 2.57. The van der Waals surface area contributed by atoms with Gasteiger partial charge in [-0.3, -0.25) is 4.79 Å². The van der Waals surface area contributed by atoms with E-state index < -0.39 is 5.78 Å². The van der Waals surface area contributed by atoms with E-state index in [9.17, 15) is 15.0 Å². The number of phenols is 2. The second-order valence-corrected chi connectivity index (χ2v) is 3.74. The molecule has 4 nitrogen and oxygen atoms in total. The minimum Gasteiger partial charge on any atom is -0.507 e. The molecule has 2 N–H and O–H groups in total. The predicted molar refractivity (Wildman–Crippen MR) is 66.2 cm³/mol. The average Bonchev–Trinajstić information content (AvgIpc) is 2.38. The Bertz CT molecular complexity index is 553. The molecule has 2 rings (SSSR count). The van der Waals surface area contributed by atoms with Crippen LogP contribution in [0.15, 0.2) is 42.5 Å². The summed E-state index contributed by atoms with van der Waals surface area (Å²) in [4.78, 5) is 12.1. The fourth-order valence-electron chi connectivity index (χ4n) is 1.67. The van der Waals surface area contributed by atoms with E-state index in [0.29, 0.717) is 5.56 Å². The number of hydrogen-bond acceptors (Lipinski definition) is 4. The number of hydrogen-bond donors (Lipinski definition) is 2. The Labute approximate surface area is 104 Å². The Morgan fingerprint density at radius 3 is 2.11 bits per heavy atom. The van der Waals surface area contributed by atoms with Gasteiger partial charge in [0, 0.05) is 17.7 Å². The van der Waals surface area contributed by atoms with Gasteiger partial charge in [0.05, 0.1) is 7.11 Å². The van der Waals surface area contributed by atoms with E-state index in [1.807, 2.05) is 0 Å². The van der Waals surface area contributed by atoms with Gasteiger partial charge in [0.1, 0.15) is 22.8 Å². The van der Waals surface area contributed by atoms with E-state index in [-0.39, 0.29) is 22.8 Å². The van der Waals surface area contributed by atoms with Gasteiger partial charge in [0.2, 0.25) is 5.78 Å². The van der Waals surface area contributed by atoms with Crippen LogP contribution in [-0.4, -0.2) is 23.1 Å². The Kier molecular flexibility index (Phi) is 3.19. The van der Waals surface area contributed by atoms with Crippen molar-refractivity contribution in [2.45, 2.75) is 0 Å². The molecule has 0 aliphatic carbocycles. The van der Waals surface area contributed by atoms with E-state index >= 15 is 0 Å². The van der Waals surface area contributed by atoms with Crippen molar-refractivity contribution in [1.29, 1.82) is 0 Å². The first-order valence-corrected chi connectivity index (χ1v) is 5.33. The van der Waals surface area contributed by atoms with Crippen LogP contribution in [0.2, 0.25) is 0 Å². The maximum atomic E-state index is 12.1. The SMILES string of the molecule is COc1cc(O)c(C(=O)c2ccccc2)c(O)c1. The van der Waals surface area contributed by atoms with Gasteiger partial charge < -0.3 is 14.9 Å².